The van der Waals surface area contributed by atoms with Crippen LogP contribution in [0.15, 0.2) is 30.3 Å². The minimum Gasteiger partial charge on any atom is -0.307 e. The highest BCUT2D eigenvalue weighted by atomic mass is 35.5. The molecule has 0 atom stereocenters. The van der Waals surface area contributed by atoms with Crippen LogP contribution in [0.1, 0.15) is 24.0 Å². The standard InChI is InChI=1S/C15H10ClN5O/c1-10(22)21(11-5-3-2-4-6-11)9-14-15(16)20-13(8-18)12(7-17)19-14/h2-6H,9H2,1H3. The zero-order chi connectivity index (χ0) is 16.1. The molecule has 22 heavy (non-hydrogen) atoms. The number of hydrogen-bond donors (Lipinski definition) is 0. The van der Waals surface area contributed by atoms with Crippen molar-refractivity contribution >= 4 is 23.2 Å². The van der Waals surface area contributed by atoms with Crippen molar-refractivity contribution in [2.45, 2.75) is 13.5 Å². The molecular weight excluding hydrogens is 302 g/mol. The summed E-state index contributed by atoms with van der Waals surface area (Å²) in [6.45, 7) is 1.48. The van der Waals surface area contributed by atoms with Crippen LogP contribution < -0.4 is 4.90 Å². The smallest absolute Gasteiger partial charge is 0.224 e. The Morgan fingerprint density at radius 1 is 1.18 bits per heavy atom. The number of nitriles is 2. The number of rotatable bonds is 3. The van der Waals surface area contributed by atoms with Gasteiger partial charge in [-0.1, -0.05) is 29.8 Å². The Kier molecular flexibility index (Phi) is 4.67. The number of para-hydroxylation sites is 1. The Hall–Kier alpha value is -2.96. The Morgan fingerprint density at radius 3 is 2.32 bits per heavy atom. The Balaban J connectivity index is 2.42. The number of benzene rings is 1. The van der Waals surface area contributed by atoms with Gasteiger partial charge in [-0.05, 0) is 12.1 Å². The van der Waals surface area contributed by atoms with E-state index >= 15 is 0 Å². The van der Waals surface area contributed by atoms with Crippen molar-refractivity contribution in [3.8, 4) is 12.1 Å². The van der Waals surface area contributed by atoms with Crippen LogP contribution in [0.2, 0.25) is 5.15 Å². The fourth-order valence-corrected chi connectivity index (χ4v) is 2.03. The molecule has 0 aliphatic rings. The van der Waals surface area contributed by atoms with E-state index in [1.54, 1.807) is 36.4 Å². The van der Waals surface area contributed by atoms with Crippen molar-refractivity contribution in [2.75, 3.05) is 4.90 Å². The first kappa shape index (κ1) is 15.4. The summed E-state index contributed by atoms with van der Waals surface area (Å²) < 4.78 is 0. The fourth-order valence-electron chi connectivity index (χ4n) is 1.85. The molecule has 0 aliphatic carbocycles. The summed E-state index contributed by atoms with van der Waals surface area (Å²) in [4.78, 5) is 21.2. The first-order valence-corrected chi connectivity index (χ1v) is 6.64. The summed E-state index contributed by atoms with van der Waals surface area (Å²) in [5.41, 5.74) is 0.691. The predicted molar refractivity (Wildman–Crippen MR) is 79.8 cm³/mol. The second-order valence-electron chi connectivity index (χ2n) is 4.32. The van der Waals surface area contributed by atoms with Crippen LogP contribution in [0.25, 0.3) is 0 Å². The summed E-state index contributed by atoms with van der Waals surface area (Å²) in [6, 6.07) is 12.6. The molecule has 0 spiro atoms. The van der Waals surface area contributed by atoms with Gasteiger partial charge in [-0.3, -0.25) is 4.79 Å². The lowest BCUT2D eigenvalue weighted by molar-refractivity contribution is -0.116. The van der Waals surface area contributed by atoms with Gasteiger partial charge in [0.15, 0.2) is 16.5 Å². The van der Waals surface area contributed by atoms with E-state index in [9.17, 15) is 4.79 Å². The summed E-state index contributed by atoms with van der Waals surface area (Å²) >= 11 is 6.00. The lowest BCUT2D eigenvalue weighted by Gasteiger charge is -2.21. The van der Waals surface area contributed by atoms with Gasteiger partial charge in [0.25, 0.3) is 0 Å². The lowest BCUT2D eigenvalue weighted by atomic mass is 10.2. The van der Waals surface area contributed by atoms with E-state index in [-0.39, 0.29) is 34.7 Å². The summed E-state index contributed by atoms with van der Waals surface area (Å²) in [5.74, 6) is -0.202. The van der Waals surface area contributed by atoms with Gasteiger partial charge in [0.2, 0.25) is 5.91 Å². The number of amides is 1. The Labute approximate surface area is 132 Å². The molecule has 2 rings (SSSR count). The number of aromatic nitrogens is 2. The zero-order valence-corrected chi connectivity index (χ0v) is 12.4. The molecule has 1 aromatic carbocycles. The Morgan fingerprint density at radius 2 is 1.77 bits per heavy atom. The molecule has 0 aliphatic heterocycles. The normalized spacial score (nSPS) is 9.64. The average Bonchev–Trinajstić information content (AvgIpc) is 2.53. The molecule has 2 aromatic rings. The van der Waals surface area contributed by atoms with E-state index in [0.717, 1.165) is 0 Å². The van der Waals surface area contributed by atoms with Crippen molar-refractivity contribution in [3.63, 3.8) is 0 Å². The first-order chi connectivity index (χ1) is 10.6. The third kappa shape index (κ3) is 3.20. The van der Waals surface area contributed by atoms with E-state index in [1.807, 2.05) is 6.07 Å². The number of halogens is 1. The van der Waals surface area contributed by atoms with Crippen LogP contribution in [-0.2, 0) is 11.3 Å². The third-order valence-corrected chi connectivity index (χ3v) is 3.19. The van der Waals surface area contributed by atoms with Crippen molar-refractivity contribution in [3.05, 3.63) is 52.6 Å². The SMILES string of the molecule is CC(=O)N(Cc1nc(C#N)c(C#N)nc1Cl)c1ccccc1. The second-order valence-corrected chi connectivity index (χ2v) is 4.68. The van der Waals surface area contributed by atoms with E-state index in [1.165, 1.54) is 11.8 Å². The molecule has 1 heterocycles. The number of carbonyl (C=O) groups is 1. The number of carbonyl (C=O) groups excluding carboxylic acids is 1. The van der Waals surface area contributed by atoms with Crippen LogP contribution in [0.3, 0.4) is 0 Å². The van der Waals surface area contributed by atoms with Crippen LogP contribution in [-0.4, -0.2) is 15.9 Å². The monoisotopic (exact) mass is 311 g/mol. The van der Waals surface area contributed by atoms with Crippen LogP contribution in [0, 0.1) is 22.7 Å². The van der Waals surface area contributed by atoms with Gasteiger partial charge in [0.1, 0.15) is 12.1 Å². The highest BCUT2D eigenvalue weighted by molar-refractivity contribution is 6.30. The topological polar surface area (TPSA) is 93.7 Å². The molecular formula is C15H10ClN5O. The largest absolute Gasteiger partial charge is 0.307 e. The minimum absolute atomic E-state index is 0.00210. The molecule has 0 bridgehead atoms. The number of hydrogen-bond acceptors (Lipinski definition) is 5. The summed E-state index contributed by atoms with van der Waals surface area (Å²) in [6.07, 6.45) is 0. The zero-order valence-electron chi connectivity index (χ0n) is 11.6. The van der Waals surface area contributed by atoms with E-state index in [0.29, 0.717) is 5.69 Å². The molecule has 0 radical (unpaired) electrons. The van der Waals surface area contributed by atoms with Gasteiger partial charge in [0, 0.05) is 12.6 Å². The highest BCUT2D eigenvalue weighted by Crippen LogP contribution is 2.20. The molecule has 0 fully saturated rings. The van der Waals surface area contributed by atoms with Crippen LogP contribution >= 0.6 is 11.6 Å². The maximum absolute atomic E-state index is 11.9. The van der Waals surface area contributed by atoms with E-state index in [2.05, 4.69) is 9.97 Å². The van der Waals surface area contributed by atoms with E-state index < -0.39 is 0 Å². The maximum Gasteiger partial charge on any atom is 0.224 e. The predicted octanol–water partition coefficient (Wildman–Crippen LogP) is 2.43. The van der Waals surface area contributed by atoms with Crippen molar-refractivity contribution in [1.82, 2.24) is 9.97 Å². The van der Waals surface area contributed by atoms with Gasteiger partial charge in [0.05, 0.1) is 12.2 Å². The van der Waals surface area contributed by atoms with Gasteiger partial charge in [-0.15, -0.1) is 0 Å². The van der Waals surface area contributed by atoms with Gasteiger partial charge in [-0.2, -0.15) is 10.5 Å². The molecule has 0 N–H and O–H groups in total. The van der Waals surface area contributed by atoms with Crippen LogP contribution in [0.5, 0.6) is 0 Å². The molecule has 0 saturated heterocycles. The summed E-state index contributed by atoms with van der Waals surface area (Å²) in [5, 5.41) is 17.9. The maximum atomic E-state index is 11.9. The lowest BCUT2D eigenvalue weighted by Crippen LogP contribution is -2.28. The van der Waals surface area contributed by atoms with Crippen molar-refractivity contribution in [1.29, 1.82) is 10.5 Å². The second kappa shape index (κ2) is 6.66. The number of anilines is 1. The highest BCUT2D eigenvalue weighted by Gasteiger charge is 2.18. The van der Waals surface area contributed by atoms with Gasteiger partial charge < -0.3 is 4.90 Å². The molecule has 7 heteroatoms. The van der Waals surface area contributed by atoms with Crippen molar-refractivity contribution < 1.29 is 4.79 Å². The average molecular weight is 312 g/mol. The van der Waals surface area contributed by atoms with Crippen LogP contribution in [0.4, 0.5) is 5.69 Å². The molecule has 0 saturated carbocycles. The fraction of sp³-hybridized carbons (Fsp3) is 0.133. The van der Waals surface area contributed by atoms with E-state index in [4.69, 9.17) is 22.1 Å². The minimum atomic E-state index is -0.202. The number of nitrogens with zero attached hydrogens (tertiary/aromatic N) is 5. The molecule has 108 valence electrons. The molecule has 6 nitrogen and oxygen atoms in total. The van der Waals surface area contributed by atoms with Crippen molar-refractivity contribution in [2.24, 2.45) is 0 Å². The van der Waals surface area contributed by atoms with Gasteiger partial charge in [-0.25, -0.2) is 9.97 Å². The summed E-state index contributed by atoms with van der Waals surface area (Å²) in [7, 11) is 0. The third-order valence-electron chi connectivity index (χ3n) is 2.89. The Bertz CT molecular complexity index is 792. The van der Waals surface area contributed by atoms with Gasteiger partial charge >= 0.3 is 0 Å². The molecule has 1 aromatic heterocycles. The molecule has 0 unspecified atom stereocenters. The molecule has 1 amide bonds. The quantitative estimate of drug-likeness (QED) is 0.867. The first-order valence-electron chi connectivity index (χ1n) is 6.26.